The van der Waals surface area contributed by atoms with Crippen LogP contribution in [0.1, 0.15) is 99.4 Å². The molecule has 5 nitrogen and oxygen atoms in total. The molecule has 3 saturated carbocycles. The molecule has 5 rings (SSSR count). The third-order valence-electron chi connectivity index (χ3n) is 7.90. The lowest BCUT2D eigenvalue weighted by Crippen LogP contribution is -2.28. The first-order chi connectivity index (χ1) is 16.1. The highest BCUT2D eigenvalue weighted by Gasteiger charge is 2.53. The van der Waals surface area contributed by atoms with Crippen molar-refractivity contribution in [3.63, 3.8) is 0 Å². The van der Waals surface area contributed by atoms with Gasteiger partial charge >= 0.3 is 0 Å². The Kier molecular flexibility index (Phi) is 6.01. The minimum atomic E-state index is -2.88. The first-order valence-electron chi connectivity index (χ1n) is 12.8. The Hall–Kier alpha value is -2.31. The van der Waals surface area contributed by atoms with E-state index in [1.54, 1.807) is 0 Å². The van der Waals surface area contributed by atoms with Gasteiger partial charge in [0.05, 0.1) is 5.92 Å². The Labute approximate surface area is 200 Å². The molecule has 0 saturated heterocycles. The van der Waals surface area contributed by atoms with Crippen molar-refractivity contribution in [2.45, 2.75) is 96.4 Å². The molecule has 2 aromatic rings. The molecule has 3 aliphatic rings. The molecular formula is C27H36F2N4O. The van der Waals surface area contributed by atoms with Gasteiger partial charge in [0.25, 0.3) is 0 Å². The Morgan fingerprint density at radius 1 is 1.15 bits per heavy atom. The molecule has 1 heterocycles. The molecule has 7 heteroatoms. The van der Waals surface area contributed by atoms with E-state index in [-0.39, 0.29) is 12.3 Å². The number of aromatic nitrogens is 3. The molecule has 184 valence electrons. The molecule has 1 aromatic heterocycles. The molecule has 0 bridgehead atoms. The van der Waals surface area contributed by atoms with Crippen LogP contribution in [0.25, 0.3) is 0 Å². The summed E-state index contributed by atoms with van der Waals surface area (Å²) in [4.78, 5) is 13.3. The van der Waals surface area contributed by atoms with E-state index in [1.165, 1.54) is 6.42 Å². The van der Waals surface area contributed by atoms with Crippen LogP contribution in [-0.4, -0.2) is 26.6 Å². The molecule has 1 N–H and O–H groups in total. The first kappa shape index (κ1) is 23.4. The minimum Gasteiger partial charge on any atom is -0.326 e. The summed E-state index contributed by atoms with van der Waals surface area (Å²) in [7, 11) is 0. The molecule has 1 aromatic carbocycles. The van der Waals surface area contributed by atoms with Gasteiger partial charge in [0, 0.05) is 36.4 Å². The van der Waals surface area contributed by atoms with Gasteiger partial charge in [-0.25, -0.2) is 8.78 Å². The zero-order chi connectivity index (χ0) is 24.2. The number of halogens is 2. The number of benzene rings is 1. The van der Waals surface area contributed by atoms with Crippen molar-refractivity contribution in [3.05, 3.63) is 41.0 Å². The van der Waals surface area contributed by atoms with E-state index in [1.807, 2.05) is 32.0 Å². The van der Waals surface area contributed by atoms with E-state index in [0.717, 1.165) is 42.6 Å². The number of aryl methyl sites for hydroxylation is 2. The molecule has 1 amide bonds. The number of nitrogens with zero attached hydrogens (tertiary/aromatic N) is 3. The summed E-state index contributed by atoms with van der Waals surface area (Å²) in [6, 6.07) is 6.04. The van der Waals surface area contributed by atoms with Crippen molar-refractivity contribution >= 4 is 11.6 Å². The molecule has 2 atom stereocenters. The fourth-order valence-corrected chi connectivity index (χ4v) is 6.10. The van der Waals surface area contributed by atoms with Gasteiger partial charge in [-0.2, -0.15) is 0 Å². The van der Waals surface area contributed by atoms with Gasteiger partial charge in [0.2, 0.25) is 11.8 Å². The van der Waals surface area contributed by atoms with Crippen LogP contribution in [0.5, 0.6) is 0 Å². The molecule has 34 heavy (non-hydrogen) atoms. The molecular weight excluding hydrogens is 434 g/mol. The van der Waals surface area contributed by atoms with Gasteiger partial charge in [0.1, 0.15) is 11.6 Å². The standard InChI is InChI=1S/C27H36F2N4O/c1-15(2)9-18-11-19(12-18)24-31-32-25(33(24)20-6-7-20)21-13-27(28,29)14-22(21)26(34)30-23-8-5-16(3)10-17(23)4/h5,8,10,15,18-22H,6-7,9,11-14H2,1-4H3,(H,30,34)/t18-,19+,21-,22-/m1/s1. The number of anilines is 1. The van der Waals surface area contributed by atoms with Gasteiger partial charge < -0.3 is 9.88 Å². The highest BCUT2D eigenvalue weighted by Crippen LogP contribution is 2.52. The van der Waals surface area contributed by atoms with Crippen molar-refractivity contribution in [3.8, 4) is 0 Å². The van der Waals surface area contributed by atoms with Crippen LogP contribution in [0.4, 0.5) is 14.5 Å². The number of amides is 1. The average Bonchev–Trinajstić information content (AvgIpc) is 3.38. The molecule has 0 aliphatic heterocycles. The number of carbonyl (C=O) groups excluding carboxylic acids is 1. The average molecular weight is 471 g/mol. The van der Waals surface area contributed by atoms with Gasteiger partial charge in [-0.05, 0) is 69.4 Å². The Morgan fingerprint density at radius 2 is 1.85 bits per heavy atom. The van der Waals surface area contributed by atoms with E-state index in [2.05, 4.69) is 33.9 Å². The Bertz CT molecular complexity index is 1070. The fourth-order valence-electron chi connectivity index (χ4n) is 6.10. The van der Waals surface area contributed by atoms with Crippen LogP contribution in [0.3, 0.4) is 0 Å². The maximum Gasteiger partial charge on any atom is 0.249 e. The highest BCUT2D eigenvalue weighted by atomic mass is 19.3. The molecule has 0 unspecified atom stereocenters. The maximum absolute atomic E-state index is 14.7. The van der Waals surface area contributed by atoms with Crippen LogP contribution in [0.2, 0.25) is 0 Å². The zero-order valence-electron chi connectivity index (χ0n) is 20.7. The Balaban J connectivity index is 1.39. The van der Waals surface area contributed by atoms with E-state index in [0.29, 0.717) is 35.3 Å². The quantitative estimate of drug-likeness (QED) is 0.500. The van der Waals surface area contributed by atoms with Gasteiger partial charge in [0.15, 0.2) is 0 Å². The smallest absolute Gasteiger partial charge is 0.249 e. The van der Waals surface area contributed by atoms with Crippen LogP contribution in [-0.2, 0) is 4.79 Å². The summed E-state index contributed by atoms with van der Waals surface area (Å²) in [6.45, 7) is 8.41. The largest absolute Gasteiger partial charge is 0.326 e. The second-order valence-electron chi connectivity index (χ2n) is 11.5. The lowest BCUT2D eigenvalue weighted by molar-refractivity contribution is -0.121. The van der Waals surface area contributed by atoms with Crippen molar-refractivity contribution < 1.29 is 13.6 Å². The normalized spacial score (nSPS) is 28.2. The summed E-state index contributed by atoms with van der Waals surface area (Å²) in [5, 5.41) is 12.0. The number of rotatable bonds is 7. The second kappa shape index (κ2) is 8.72. The molecule has 0 radical (unpaired) electrons. The van der Waals surface area contributed by atoms with Crippen molar-refractivity contribution in [2.24, 2.45) is 17.8 Å². The lowest BCUT2D eigenvalue weighted by atomic mass is 9.71. The van der Waals surface area contributed by atoms with E-state index >= 15 is 0 Å². The van der Waals surface area contributed by atoms with E-state index in [9.17, 15) is 13.6 Å². The summed E-state index contributed by atoms with van der Waals surface area (Å²) < 4.78 is 31.5. The summed E-state index contributed by atoms with van der Waals surface area (Å²) >= 11 is 0. The summed E-state index contributed by atoms with van der Waals surface area (Å²) in [5.74, 6) is -1.35. The fraction of sp³-hybridized carbons (Fsp3) is 0.667. The van der Waals surface area contributed by atoms with Crippen molar-refractivity contribution in [2.75, 3.05) is 5.32 Å². The Morgan fingerprint density at radius 3 is 2.50 bits per heavy atom. The third kappa shape index (κ3) is 4.63. The third-order valence-corrected chi connectivity index (χ3v) is 7.90. The SMILES string of the molecule is Cc1ccc(NC(=O)[C@@H]2CC(F)(F)C[C@H]2c2nnc([C@H]3C[C@@H](CC(C)C)C3)n2C2CC2)c(C)c1. The second-order valence-corrected chi connectivity index (χ2v) is 11.5. The summed E-state index contributed by atoms with van der Waals surface area (Å²) in [6.07, 6.45) is 4.69. The number of hydrogen-bond donors (Lipinski definition) is 1. The van der Waals surface area contributed by atoms with Crippen LogP contribution in [0.15, 0.2) is 18.2 Å². The van der Waals surface area contributed by atoms with E-state index < -0.39 is 24.2 Å². The maximum atomic E-state index is 14.7. The molecule has 0 spiro atoms. The number of nitrogens with one attached hydrogen (secondary N) is 1. The number of alkyl halides is 2. The van der Waals surface area contributed by atoms with Gasteiger partial charge in [-0.3, -0.25) is 4.79 Å². The van der Waals surface area contributed by atoms with Crippen LogP contribution in [0, 0.1) is 31.6 Å². The predicted molar refractivity (Wildman–Crippen MR) is 128 cm³/mol. The van der Waals surface area contributed by atoms with E-state index in [4.69, 9.17) is 0 Å². The lowest BCUT2D eigenvalue weighted by Gasteiger charge is -2.36. The monoisotopic (exact) mass is 470 g/mol. The minimum absolute atomic E-state index is 0.293. The summed E-state index contributed by atoms with van der Waals surface area (Å²) in [5.41, 5.74) is 2.70. The number of carbonyl (C=O) groups is 1. The topological polar surface area (TPSA) is 59.8 Å². The predicted octanol–water partition coefficient (Wildman–Crippen LogP) is 6.54. The highest BCUT2D eigenvalue weighted by molar-refractivity contribution is 5.94. The van der Waals surface area contributed by atoms with Crippen LogP contribution < -0.4 is 5.32 Å². The zero-order valence-corrected chi connectivity index (χ0v) is 20.7. The molecule has 3 aliphatic carbocycles. The number of hydrogen-bond acceptors (Lipinski definition) is 3. The first-order valence-corrected chi connectivity index (χ1v) is 12.8. The van der Waals surface area contributed by atoms with Crippen molar-refractivity contribution in [1.82, 2.24) is 14.8 Å². The van der Waals surface area contributed by atoms with Gasteiger partial charge in [-0.15, -0.1) is 10.2 Å². The molecule has 3 fully saturated rings. The van der Waals surface area contributed by atoms with Crippen LogP contribution >= 0.6 is 0 Å². The van der Waals surface area contributed by atoms with Crippen molar-refractivity contribution in [1.29, 1.82) is 0 Å². The van der Waals surface area contributed by atoms with Gasteiger partial charge in [-0.1, -0.05) is 31.5 Å².